The molecule has 1 unspecified atom stereocenters. The Bertz CT molecular complexity index is 610. The lowest BCUT2D eigenvalue weighted by Gasteiger charge is -2.19. The third-order valence-corrected chi connectivity index (χ3v) is 7.30. The molecule has 0 amide bonds. The van der Waals surface area contributed by atoms with Crippen molar-refractivity contribution >= 4 is 7.82 Å². The molecule has 1 aromatic rings. The molecule has 34 heavy (non-hydrogen) atoms. The van der Waals surface area contributed by atoms with Crippen LogP contribution in [0.15, 0.2) is 30.3 Å². The number of phosphoric ester groups is 1. The van der Waals surface area contributed by atoms with Crippen LogP contribution in [0.3, 0.4) is 0 Å². The van der Waals surface area contributed by atoms with E-state index in [1.54, 1.807) is 0 Å². The summed E-state index contributed by atoms with van der Waals surface area (Å²) in [6.45, 7) is 2.81. The molecular weight excluding hydrogens is 447 g/mol. The predicted molar refractivity (Wildman–Crippen MR) is 142 cm³/mol. The van der Waals surface area contributed by atoms with Crippen molar-refractivity contribution in [1.29, 1.82) is 0 Å². The fraction of sp³-hybridized carbons (Fsp3) is 0.786. The van der Waals surface area contributed by atoms with Crippen LogP contribution in [0.5, 0.6) is 0 Å². The summed E-state index contributed by atoms with van der Waals surface area (Å²) in [7, 11) is -2.80. The maximum atomic E-state index is 11.6. The maximum absolute atomic E-state index is 11.6. The van der Waals surface area contributed by atoms with Crippen LogP contribution in [0.1, 0.15) is 122 Å². The van der Waals surface area contributed by atoms with Crippen LogP contribution < -0.4 is 0 Å². The summed E-state index contributed by atoms with van der Waals surface area (Å²) in [5.74, 6) is 0. The Morgan fingerprint density at radius 2 is 1.24 bits per heavy atom. The number of hydrogen-bond acceptors (Lipinski definition) is 4. The second kappa shape index (κ2) is 21.6. The Kier molecular flexibility index (Phi) is 19.9. The molecule has 1 rings (SSSR count). The smallest absolute Gasteiger partial charge is 0.371 e. The largest absolute Gasteiger partial charge is 0.472 e. The number of benzene rings is 1. The monoisotopic (exact) mass is 498 g/mol. The average molecular weight is 499 g/mol. The first-order valence-electron chi connectivity index (χ1n) is 13.8. The maximum Gasteiger partial charge on any atom is 0.472 e. The molecule has 198 valence electrons. The summed E-state index contributed by atoms with van der Waals surface area (Å²) < 4.78 is 27.2. The van der Waals surface area contributed by atoms with Crippen LogP contribution in [0.4, 0.5) is 0 Å². The van der Waals surface area contributed by atoms with E-state index in [-0.39, 0.29) is 12.7 Å². The fourth-order valence-corrected chi connectivity index (χ4v) is 4.61. The lowest BCUT2D eigenvalue weighted by molar-refractivity contribution is -0.00508. The minimum atomic E-state index is -3.98. The molecule has 0 aliphatic carbocycles. The molecule has 0 saturated carbocycles. The van der Waals surface area contributed by atoms with E-state index in [0.717, 1.165) is 24.8 Å². The quantitative estimate of drug-likeness (QED) is 0.114. The molecule has 0 aliphatic rings. The second-order valence-electron chi connectivity index (χ2n) is 9.46. The van der Waals surface area contributed by atoms with Crippen LogP contribution in [-0.2, 0) is 25.0 Å². The number of ether oxygens (including phenoxy) is 1. The highest BCUT2D eigenvalue weighted by atomic mass is 31.2. The lowest BCUT2D eigenvalue weighted by Crippen LogP contribution is -2.19. The van der Waals surface area contributed by atoms with E-state index < -0.39 is 7.82 Å². The zero-order valence-corrected chi connectivity index (χ0v) is 22.8. The predicted octanol–water partition coefficient (Wildman–Crippen LogP) is 8.99. The minimum absolute atomic E-state index is 0.0627. The molecule has 0 fully saturated rings. The molecule has 6 heteroatoms. The summed E-state index contributed by atoms with van der Waals surface area (Å²) in [6, 6.07) is 9.96. The molecule has 5 nitrogen and oxygen atoms in total. The number of unbranched alkanes of at least 4 members (excludes halogenated alkanes) is 15. The first-order valence-corrected chi connectivity index (χ1v) is 15.3. The first kappa shape index (κ1) is 31.3. The van der Waals surface area contributed by atoms with Gasteiger partial charge >= 0.3 is 7.82 Å². The van der Waals surface area contributed by atoms with Gasteiger partial charge in [-0.15, -0.1) is 0 Å². The van der Waals surface area contributed by atoms with Crippen LogP contribution >= 0.6 is 7.82 Å². The van der Waals surface area contributed by atoms with Gasteiger partial charge in [0.15, 0.2) is 0 Å². The average Bonchev–Trinajstić information content (AvgIpc) is 2.85. The van der Waals surface area contributed by atoms with Crippen molar-refractivity contribution in [2.24, 2.45) is 0 Å². The highest BCUT2D eigenvalue weighted by Gasteiger charge is 2.21. The van der Waals surface area contributed by atoms with Gasteiger partial charge in [0.1, 0.15) is 0 Å². The van der Waals surface area contributed by atoms with Crippen molar-refractivity contribution in [3.63, 3.8) is 0 Å². The number of phosphoric acid groups is 1. The van der Waals surface area contributed by atoms with Crippen LogP contribution in [-0.4, -0.2) is 24.7 Å². The number of hydrogen-bond donors (Lipinski definition) is 1. The van der Waals surface area contributed by atoms with E-state index >= 15 is 0 Å². The lowest BCUT2D eigenvalue weighted by atomic mass is 10.0. The van der Waals surface area contributed by atoms with Crippen LogP contribution in [0, 0.1) is 0 Å². The highest BCUT2D eigenvalue weighted by molar-refractivity contribution is 7.47. The molecule has 0 aromatic heterocycles. The molecule has 0 saturated heterocycles. The van der Waals surface area contributed by atoms with E-state index in [4.69, 9.17) is 9.26 Å². The van der Waals surface area contributed by atoms with Gasteiger partial charge in [-0.1, -0.05) is 140 Å². The minimum Gasteiger partial charge on any atom is -0.371 e. The van der Waals surface area contributed by atoms with Gasteiger partial charge < -0.3 is 9.63 Å². The van der Waals surface area contributed by atoms with Gasteiger partial charge in [0, 0.05) is 7.11 Å². The Balaban J connectivity index is 2.05. The van der Waals surface area contributed by atoms with Gasteiger partial charge in [0.05, 0.1) is 19.3 Å². The summed E-state index contributed by atoms with van der Waals surface area (Å²) in [5, 5.41) is 0. The van der Waals surface area contributed by atoms with Gasteiger partial charge in [-0.3, -0.25) is 9.05 Å². The van der Waals surface area contributed by atoms with Gasteiger partial charge in [-0.05, 0) is 12.0 Å². The second-order valence-corrected chi connectivity index (χ2v) is 11.0. The third-order valence-electron chi connectivity index (χ3n) is 6.36. The van der Waals surface area contributed by atoms with Crippen molar-refractivity contribution in [2.75, 3.05) is 13.7 Å². The Morgan fingerprint density at radius 3 is 1.71 bits per heavy atom. The molecule has 1 aromatic carbocycles. The molecule has 0 radical (unpaired) electrons. The summed E-state index contributed by atoms with van der Waals surface area (Å²) in [5.41, 5.74) is 1.08. The molecule has 0 aliphatic heterocycles. The Labute approximate surface area is 209 Å². The van der Waals surface area contributed by atoms with Crippen molar-refractivity contribution in [3.8, 4) is 0 Å². The first-order chi connectivity index (χ1) is 16.6. The standard InChI is InChI=1S/C28H51O5P/c1-3-4-5-6-7-8-9-10-11-12-13-14-15-16-17-21-24-28(26-33-34(29,30)31-2)32-25-27-22-19-18-20-23-27/h18-20,22-23,28H,3-17,21,24-26H2,1-2H3,(H,29,30)/t28-/m0/s1. The van der Waals surface area contributed by atoms with E-state index in [9.17, 15) is 9.46 Å². The van der Waals surface area contributed by atoms with E-state index in [1.165, 1.54) is 97.0 Å². The van der Waals surface area contributed by atoms with Crippen molar-refractivity contribution < 1.29 is 23.2 Å². The SMILES string of the molecule is CCCCCCCCCCCCCCCCCC[C@@H](COP(=O)(O)OC)OCc1ccccc1. The van der Waals surface area contributed by atoms with Crippen LogP contribution in [0.25, 0.3) is 0 Å². The van der Waals surface area contributed by atoms with Crippen LogP contribution in [0.2, 0.25) is 0 Å². The molecule has 0 spiro atoms. The molecular formula is C28H51O5P. The highest BCUT2D eigenvalue weighted by Crippen LogP contribution is 2.42. The Hall–Kier alpha value is -0.710. The van der Waals surface area contributed by atoms with Gasteiger partial charge in [0.25, 0.3) is 0 Å². The zero-order chi connectivity index (χ0) is 24.7. The zero-order valence-electron chi connectivity index (χ0n) is 21.9. The van der Waals surface area contributed by atoms with Gasteiger partial charge in [0.2, 0.25) is 0 Å². The van der Waals surface area contributed by atoms with E-state index in [0.29, 0.717) is 6.61 Å². The summed E-state index contributed by atoms with van der Waals surface area (Å²) in [4.78, 5) is 9.53. The Morgan fingerprint density at radius 1 is 0.765 bits per heavy atom. The third kappa shape index (κ3) is 18.6. The summed E-state index contributed by atoms with van der Waals surface area (Å²) >= 11 is 0. The van der Waals surface area contributed by atoms with Crippen molar-refractivity contribution in [3.05, 3.63) is 35.9 Å². The normalized spacial score (nSPS) is 14.2. The summed E-state index contributed by atoms with van der Waals surface area (Å²) in [6.07, 6.45) is 22.0. The van der Waals surface area contributed by atoms with Gasteiger partial charge in [-0.25, -0.2) is 4.57 Å². The molecule has 1 N–H and O–H groups in total. The van der Waals surface area contributed by atoms with Gasteiger partial charge in [-0.2, -0.15) is 0 Å². The fourth-order valence-electron chi connectivity index (χ4n) is 4.15. The molecule has 0 bridgehead atoms. The topological polar surface area (TPSA) is 65.0 Å². The van der Waals surface area contributed by atoms with E-state index in [2.05, 4.69) is 11.4 Å². The molecule has 2 atom stereocenters. The molecule has 0 heterocycles. The van der Waals surface area contributed by atoms with E-state index in [1.807, 2.05) is 30.3 Å². The van der Waals surface area contributed by atoms with Crippen molar-refractivity contribution in [2.45, 2.75) is 129 Å². The number of rotatable bonds is 24. The van der Waals surface area contributed by atoms with Crippen molar-refractivity contribution in [1.82, 2.24) is 0 Å².